The Labute approximate surface area is 170 Å². The quantitative estimate of drug-likeness (QED) is 0.608. The molecule has 2 aromatic carbocycles. The van der Waals surface area contributed by atoms with E-state index in [-0.39, 0.29) is 5.92 Å². The molecule has 3 N–H and O–H groups in total. The van der Waals surface area contributed by atoms with E-state index in [4.69, 9.17) is 10.5 Å². The molecule has 0 saturated heterocycles. The SMILES string of the molecule is Nc1cnccc1C=CCCNC(=O)OCC1c2ccccc2-c2ccccc21. The number of fused-ring (bicyclic) bond motifs is 3. The van der Waals surface area contributed by atoms with Gasteiger partial charge in [-0.1, -0.05) is 60.7 Å². The van der Waals surface area contributed by atoms with Gasteiger partial charge in [-0.05, 0) is 34.7 Å². The zero-order valence-electron chi connectivity index (χ0n) is 16.0. The van der Waals surface area contributed by atoms with E-state index in [1.807, 2.05) is 42.5 Å². The molecule has 1 aliphatic carbocycles. The highest BCUT2D eigenvalue weighted by Gasteiger charge is 2.28. The number of carbonyl (C=O) groups excluding carboxylic acids is 1. The number of amides is 1. The van der Waals surface area contributed by atoms with Gasteiger partial charge in [0, 0.05) is 24.2 Å². The van der Waals surface area contributed by atoms with Gasteiger partial charge in [-0.3, -0.25) is 4.98 Å². The number of hydrogen-bond donors (Lipinski definition) is 2. The average Bonchev–Trinajstić information content (AvgIpc) is 3.07. The summed E-state index contributed by atoms with van der Waals surface area (Å²) in [4.78, 5) is 16.1. The molecule has 0 spiro atoms. The zero-order valence-corrected chi connectivity index (χ0v) is 16.0. The summed E-state index contributed by atoms with van der Waals surface area (Å²) >= 11 is 0. The van der Waals surface area contributed by atoms with Crippen molar-refractivity contribution in [1.29, 1.82) is 0 Å². The third kappa shape index (κ3) is 4.14. The van der Waals surface area contributed by atoms with Gasteiger partial charge in [0.25, 0.3) is 0 Å². The second-order valence-electron chi connectivity index (χ2n) is 6.95. The van der Waals surface area contributed by atoms with Crippen molar-refractivity contribution in [2.24, 2.45) is 0 Å². The molecular weight excluding hydrogens is 362 g/mol. The first kappa shape index (κ1) is 18.7. The third-order valence-electron chi connectivity index (χ3n) is 5.11. The van der Waals surface area contributed by atoms with Gasteiger partial charge in [0.05, 0.1) is 11.9 Å². The topological polar surface area (TPSA) is 77.2 Å². The molecule has 4 rings (SSSR count). The highest BCUT2D eigenvalue weighted by atomic mass is 16.5. The van der Waals surface area contributed by atoms with Crippen LogP contribution in [0.15, 0.2) is 73.1 Å². The number of nitrogens with two attached hydrogens (primary N) is 1. The summed E-state index contributed by atoms with van der Waals surface area (Å²) in [5.74, 6) is 0.0720. The summed E-state index contributed by atoms with van der Waals surface area (Å²) in [6.07, 6.45) is 7.50. The maximum absolute atomic E-state index is 12.1. The van der Waals surface area contributed by atoms with Crippen molar-refractivity contribution in [3.05, 3.63) is 89.8 Å². The Bertz CT molecular complexity index is 1000. The minimum Gasteiger partial charge on any atom is -0.449 e. The molecule has 0 radical (unpaired) electrons. The van der Waals surface area contributed by atoms with E-state index in [9.17, 15) is 4.79 Å². The monoisotopic (exact) mass is 385 g/mol. The zero-order chi connectivity index (χ0) is 20.1. The van der Waals surface area contributed by atoms with Crippen molar-refractivity contribution in [2.75, 3.05) is 18.9 Å². The Balaban J connectivity index is 1.29. The number of hydrogen-bond acceptors (Lipinski definition) is 4. The summed E-state index contributed by atoms with van der Waals surface area (Å²) in [5.41, 5.74) is 12.3. The first-order chi connectivity index (χ1) is 14.2. The fourth-order valence-corrected chi connectivity index (χ4v) is 3.69. The summed E-state index contributed by atoms with van der Waals surface area (Å²) in [6.45, 7) is 0.821. The van der Waals surface area contributed by atoms with Crippen LogP contribution in [0.1, 0.15) is 29.0 Å². The third-order valence-corrected chi connectivity index (χ3v) is 5.11. The summed E-state index contributed by atoms with van der Waals surface area (Å²) in [5, 5.41) is 2.80. The van der Waals surface area contributed by atoms with Gasteiger partial charge >= 0.3 is 6.09 Å². The van der Waals surface area contributed by atoms with Crippen LogP contribution in [0.2, 0.25) is 0 Å². The molecule has 146 valence electrons. The van der Waals surface area contributed by atoms with Crippen LogP contribution in [0.4, 0.5) is 10.5 Å². The Morgan fingerprint density at radius 1 is 1.07 bits per heavy atom. The number of carbonyl (C=O) groups is 1. The molecule has 3 aromatic rings. The van der Waals surface area contributed by atoms with Crippen molar-refractivity contribution in [3.8, 4) is 11.1 Å². The van der Waals surface area contributed by atoms with E-state index in [1.54, 1.807) is 12.4 Å². The second-order valence-corrected chi connectivity index (χ2v) is 6.95. The predicted molar refractivity (Wildman–Crippen MR) is 115 cm³/mol. The Morgan fingerprint density at radius 2 is 1.76 bits per heavy atom. The van der Waals surface area contributed by atoms with E-state index >= 15 is 0 Å². The number of nitrogens with zero attached hydrogens (tertiary/aromatic N) is 1. The maximum atomic E-state index is 12.1. The molecule has 0 saturated carbocycles. The van der Waals surface area contributed by atoms with E-state index < -0.39 is 6.09 Å². The number of benzene rings is 2. The number of rotatable bonds is 6. The van der Waals surface area contributed by atoms with Crippen molar-refractivity contribution in [1.82, 2.24) is 10.3 Å². The Kier molecular flexibility index (Phi) is 5.56. The number of nitrogen functional groups attached to an aromatic ring is 1. The number of pyridine rings is 1. The molecule has 0 fully saturated rings. The van der Waals surface area contributed by atoms with E-state index in [0.29, 0.717) is 25.3 Å². The smallest absolute Gasteiger partial charge is 0.407 e. The molecule has 29 heavy (non-hydrogen) atoms. The standard InChI is InChI=1S/C24H23N3O2/c25-23-15-26-14-12-17(23)7-5-6-13-27-24(28)29-16-22-20-10-3-1-8-18(20)19-9-2-4-11-21(19)22/h1-5,7-12,14-15,22H,6,13,16,25H2,(H,27,28). The van der Waals surface area contributed by atoms with Gasteiger partial charge in [0.1, 0.15) is 6.61 Å². The molecule has 5 heteroatoms. The molecular formula is C24H23N3O2. The van der Waals surface area contributed by atoms with Crippen LogP contribution in [-0.4, -0.2) is 24.2 Å². The van der Waals surface area contributed by atoms with Gasteiger partial charge in [-0.25, -0.2) is 4.79 Å². The number of alkyl carbamates (subject to hydrolysis) is 1. The van der Waals surface area contributed by atoms with Crippen molar-refractivity contribution >= 4 is 17.9 Å². The van der Waals surface area contributed by atoms with Gasteiger partial charge in [-0.15, -0.1) is 0 Å². The van der Waals surface area contributed by atoms with E-state index in [2.05, 4.69) is 34.6 Å². The largest absolute Gasteiger partial charge is 0.449 e. The van der Waals surface area contributed by atoms with Gasteiger partial charge < -0.3 is 15.8 Å². The first-order valence-corrected chi connectivity index (χ1v) is 9.69. The molecule has 0 unspecified atom stereocenters. The second kappa shape index (κ2) is 8.61. The molecule has 1 aromatic heterocycles. The summed E-state index contributed by atoms with van der Waals surface area (Å²) in [7, 11) is 0. The van der Waals surface area contributed by atoms with Crippen LogP contribution in [0.3, 0.4) is 0 Å². The molecule has 0 atom stereocenters. The van der Waals surface area contributed by atoms with Gasteiger partial charge in [0.15, 0.2) is 0 Å². The van der Waals surface area contributed by atoms with E-state index in [0.717, 1.165) is 5.56 Å². The van der Waals surface area contributed by atoms with Crippen molar-refractivity contribution < 1.29 is 9.53 Å². The lowest BCUT2D eigenvalue weighted by Gasteiger charge is -2.14. The number of aromatic nitrogens is 1. The molecule has 0 aliphatic heterocycles. The molecule has 1 aliphatic rings. The molecule has 1 heterocycles. The molecule has 0 bridgehead atoms. The maximum Gasteiger partial charge on any atom is 0.407 e. The highest BCUT2D eigenvalue weighted by Crippen LogP contribution is 2.44. The number of nitrogens with one attached hydrogen (secondary N) is 1. The van der Waals surface area contributed by atoms with Crippen LogP contribution >= 0.6 is 0 Å². The average molecular weight is 385 g/mol. The van der Waals surface area contributed by atoms with Crippen LogP contribution in [0.5, 0.6) is 0 Å². The van der Waals surface area contributed by atoms with Crippen LogP contribution in [-0.2, 0) is 4.74 Å². The molecule has 5 nitrogen and oxygen atoms in total. The van der Waals surface area contributed by atoms with Crippen molar-refractivity contribution in [3.63, 3.8) is 0 Å². The normalized spacial score (nSPS) is 12.6. The van der Waals surface area contributed by atoms with Gasteiger partial charge in [0.2, 0.25) is 0 Å². The van der Waals surface area contributed by atoms with Crippen LogP contribution in [0, 0.1) is 0 Å². The lowest BCUT2D eigenvalue weighted by Crippen LogP contribution is -2.26. The molecule has 1 amide bonds. The summed E-state index contributed by atoms with van der Waals surface area (Å²) < 4.78 is 5.52. The van der Waals surface area contributed by atoms with E-state index in [1.165, 1.54) is 22.3 Å². The highest BCUT2D eigenvalue weighted by molar-refractivity contribution is 5.79. The minimum atomic E-state index is -0.399. The lowest BCUT2D eigenvalue weighted by atomic mass is 9.98. The summed E-state index contributed by atoms with van der Waals surface area (Å²) in [6, 6.07) is 18.4. The predicted octanol–water partition coefficient (Wildman–Crippen LogP) is 4.61. The van der Waals surface area contributed by atoms with Crippen LogP contribution < -0.4 is 11.1 Å². The Morgan fingerprint density at radius 3 is 2.45 bits per heavy atom. The van der Waals surface area contributed by atoms with Crippen LogP contribution in [0.25, 0.3) is 17.2 Å². The Hall–Kier alpha value is -3.60. The fraction of sp³-hybridized carbons (Fsp3) is 0.167. The first-order valence-electron chi connectivity index (χ1n) is 9.69. The van der Waals surface area contributed by atoms with Crippen molar-refractivity contribution in [2.45, 2.75) is 12.3 Å². The minimum absolute atomic E-state index is 0.0720. The lowest BCUT2D eigenvalue weighted by molar-refractivity contribution is 0.143. The van der Waals surface area contributed by atoms with Gasteiger partial charge in [-0.2, -0.15) is 0 Å². The fourth-order valence-electron chi connectivity index (χ4n) is 3.69. The number of ether oxygens (including phenoxy) is 1. The number of anilines is 1.